The maximum Gasteiger partial charge on any atom is 0.407 e. The fourth-order valence-electron chi connectivity index (χ4n) is 2.73. The molecule has 6 nitrogen and oxygen atoms in total. The molecule has 23 heavy (non-hydrogen) atoms. The van der Waals surface area contributed by atoms with Gasteiger partial charge in [-0.15, -0.1) is 5.10 Å². The van der Waals surface area contributed by atoms with Gasteiger partial charge >= 0.3 is 6.09 Å². The highest BCUT2D eigenvalue weighted by atomic mass is 16.6. The first-order valence-corrected chi connectivity index (χ1v) is 8.35. The summed E-state index contributed by atoms with van der Waals surface area (Å²) < 4.78 is 5.30. The zero-order valence-corrected chi connectivity index (χ0v) is 14.6. The van der Waals surface area contributed by atoms with E-state index in [-0.39, 0.29) is 12.1 Å². The van der Waals surface area contributed by atoms with Gasteiger partial charge < -0.3 is 15.4 Å². The van der Waals surface area contributed by atoms with Gasteiger partial charge in [-0.25, -0.2) is 4.79 Å². The van der Waals surface area contributed by atoms with E-state index in [1.165, 1.54) is 0 Å². The first-order valence-electron chi connectivity index (χ1n) is 8.35. The summed E-state index contributed by atoms with van der Waals surface area (Å²) in [6.45, 7) is 8.46. The monoisotopic (exact) mass is 320 g/mol. The van der Waals surface area contributed by atoms with E-state index in [0.717, 1.165) is 43.7 Å². The summed E-state index contributed by atoms with van der Waals surface area (Å²) in [5.41, 5.74) is 0.476. The van der Waals surface area contributed by atoms with E-state index in [0.29, 0.717) is 5.92 Å². The summed E-state index contributed by atoms with van der Waals surface area (Å²) in [6.07, 6.45) is 3.85. The summed E-state index contributed by atoms with van der Waals surface area (Å²) in [6, 6.07) is 4.13. The Bertz CT molecular complexity index is 502. The number of ether oxygens (including phenoxy) is 1. The molecule has 2 rings (SSSR count). The van der Waals surface area contributed by atoms with Crippen molar-refractivity contribution in [2.75, 3.05) is 11.9 Å². The molecule has 1 fully saturated rings. The van der Waals surface area contributed by atoms with Crippen molar-refractivity contribution in [3.8, 4) is 0 Å². The normalized spacial score (nSPS) is 21.6. The number of hydrogen-bond acceptors (Lipinski definition) is 5. The van der Waals surface area contributed by atoms with Crippen LogP contribution in [0.3, 0.4) is 0 Å². The minimum absolute atomic E-state index is 0.222. The molecule has 0 aromatic carbocycles. The van der Waals surface area contributed by atoms with Crippen LogP contribution in [-0.4, -0.2) is 34.5 Å². The van der Waals surface area contributed by atoms with Crippen molar-refractivity contribution in [1.29, 1.82) is 0 Å². The highest BCUT2D eigenvalue weighted by molar-refractivity contribution is 5.68. The Labute approximate surface area is 138 Å². The molecule has 6 heteroatoms. The van der Waals surface area contributed by atoms with Crippen LogP contribution in [0.25, 0.3) is 0 Å². The number of aryl methyl sites for hydroxylation is 1. The quantitative estimate of drug-likeness (QED) is 0.890. The largest absolute Gasteiger partial charge is 0.444 e. The molecule has 1 aliphatic carbocycles. The molecule has 128 valence electrons. The molecule has 2 N–H and O–H groups in total. The SMILES string of the molecule is Cc1ccc(NCC2CCC(NC(=O)OC(C)(C)C)CC2)nn1. The summed E-state index contributed by atoms with van der Waals surface area (Å²) in [4.78, 5) is 11.8. The maximum absolute atomic E-state index is 11.8. The molecular weight excluding hydrogens is 292 g/mol. The van der Waals surface area contributed by atoms with Gasteiger partial charge in [0.2, 0.25) is 0 Å². The molecule has 1 amide bonds. The Morgan fingerprint density at radius 3 is 2.48 bits per heavy atom. The molecule has 0 spiro atoms. The fourth-order valence-corrected chi connectivity index (χ4v) is 2.73. The molecule has 1 aromatic rings. The zero-order valence-electron chi connectivity index (χ0n) is 14.6. The van der Waals surface area contributed by atoms with Crippen LogP contribution in [0.4, 0.5) is 10.6 Å². The number of carbonyl (C=O) groups is 1. The van der Waals surface area contributed by atoms with Gasteiger partial charge in [0.05, 0.1) is 5.69 Å². The van der Waals surface area contributed by atoms with Crippen molar-refractivity contribution in [3.63, 3.8) is 0 Å². The lowest BCUT2D eigenvalue weighted by molar-refractivity contribution is 0.0488. The first-order chi connectivity index (χ1) is 10.8. The summed E-state index contributed by atoms with van der Waals surface area (Å²) in [5, 5.41) is 14.5. The fraction of sp³-hybridized carbons (Fsp3) is 0.706. The second-order valence-corrected chi connectivity index (χ2v) is 7.30. The second-order valence-electron chi connectivity index (χ2n) is 7.30. The van der Waals surface area contributed by atoms with Crippen molar-refractivity contribution in [2.45, 2.75) is 65.0 Å². The number of anilines is 1. The number of nitrogens with zero attached hydrogens (tertiary/aromatic N) is 2. The number of amides is 1. The Morgan fingerprint density at radius 2 is 1.91 bits per heavy atom. The number of aromatic nitrogens is 2. The van der Waals surface area contributed by atoms with Gasteiger partial charge in [-0.3, -0.25) is 0 Å². The highest BCUT2D eigenvalue weighted by Crippen LogP contribution is 2.24. The average molecular weight is 320 g/mol. The van der Waals surface area contributed by atoms with Crippen molar-refractivity contribution in [1.82, 2.24) is 15.5 Å². The van der Waals surface area contributed by atoms with Crippen molar-refractivity contribution in [2.24, 2.45) is 5.92 Å². The summed E-state index contributed by atoms with van der Waals surface area (Å²) in [5.74, 6) is 1.43. The third-order valence-electron chi connectivity index (χ3n) is 3.94. The lowest BCUT2D eigenvalue weighted by Gasteiger charge is -2.30. The Balaban J connectivity index is 1.67. The van der Waals surface area contributed by atoms with Gasteiger partial charge in [0.15, 0.2) is 0 Å². The Morgan fingerprint density at radius 1 is 1.22 bits per heavy atom. The molecule has 1 aromatic heterocycles. The number of alkyl carbamates (subject to hydrolysis) is 1. The maximum atomic E-state index is 11.8. The van der Waals surface area contributed by atoms with Crippen LogP contribution in [0, 0.1) is 12.8 Å². The number of nitrogens with one attached hydrogen (secondary N) is 2. The van der Waals surface area contributed by atoms with Gasteiger partial charge in [-0.05, 0) is 71.4 Å². The molecular formula is C17H28N4O2. The minimum Gasteiger partial charge on any atom is -0.444 e. The van der Waals surface area contributed by atoms with E-state index in [4.69, 9.17) is 4.74 Å². The van der Waals surface area contributed by atoms with E-state index in [1.807, 2.05) is 39.8 Å². The van der Waals surface area contributed by atoms with Gasteiger partial charge in [-0.1, -0.05) is 0 Å². The van der Waals surface area contributed by atoms with Crippen LogP contribution >= 0.6 is 0 Å². The summed E-state index contributed by atoms with van der Waals surface area (Å²) >= 11 is 0. The van der Waals surface area contributed by atoms with Crippen molar-refractivity contribution >= 4 is 11.9 Å². The Hall–Kier alpha value is -1.85. The van der Waals surface area contributed by atoms with Gasteiger partial charge in [0.1, 0.15) is 11.4 Å². The predicted molar refractivity (Wildman–Crippen MR) is 90.4 cm³/mol. The highest BCUT2D eigenvalue weighted by Gasteiger charge is 2.24. The third kappa shape index (κ3) is 6.42. The molecule has 1 aliphatic rings. The van der Waals surface area contributed by atoms with Crippen molar-refractivity contribution in [3.05, 3.63) is 17.8 Å². The molecule has 0 saturated heterocycles. The van der Waals surface area contributed by atoms with Crippen LogP contribution < -0.4 is 10.6 Å². The van der Waals surface area contributed by atoms with Crippen LogP contribution in [0.5, 0.6) is 0 Å². The van der Waals surface area contributed by atoms with Gasteiger partial charge in [0.25, 0.3) is 0 Å². The lowest BCUT2D eigenvalue weighted by atomic mass is 9.86. The molecule has 0 unspecified atom stereocenters. The van der Waals surface area contributed by atoms with E-state index in [9.17, 15) is 4.79 Å². The van der Waals surface area contributed by atoms with Gasteiger partial charge in [0, 0.05) is 12.6 Å². The second kappa shape index (κ2) is 7.62. The topological polar surface area (TPSA) is 76.1 Å². The van der Waals surface area contributed by atoms with E-state index in [2.05, 4.69) is 20.8 Å². The Kier molecular flexibility index (Phi) is 5.80. The smallest absolute Gasteiger partial charge is 0.407 e. The molecule has 0 aliphatic heterocycles. The zero-order chi connectivity index (χ0) is 16.9. The molecule has 0 bridgehead atoms. The van der Waals surface area contributed by atoms with E-state index < -0.39 is 5.60 Å². The van der Waals surface area contributed by atoms with Crippen LogP contribution in [0.15, 0.2) is 12.1 Å². The number of hydrogen-bond donors (Lipinski definition) is 2. The number of carbonyl (C=O) groups excluding carboxylic acids is 1. The molecule has 1 heterocycles. The lowest BCUT2D eigenvalue weighted by Crippen LogP contribution is -2.41. The van der Waals surface area contributed by atoms with Crippen LogP contribution in [-0.2, 0) is 4.74 Å². The van der Waals surface area contributed by atoms with Crippen LogP contribution in [0.1, 0.15) is 52.1 Å². The van der Waals surface area contributed by atoms with E-state index >= 15 is 0 Å². The first kappa shape index (κ1) is 17.5. The van der Waals surface area contributed by atoms with Crippen LogP contribution in [0.2, 0.25) is 0 Å². The number of rotatable bonds is 4. The predicted octanol–water partition coefficient (Wildman–Crippen LogP) is 3.28. The summed E-state index contributed by atoms with van der Waals surface area (Å²) in [7, 11) is 0. The average Bonchev–Trinajstić information content (AvgIpc) is 2.46. The third-order valence-corrected chi connectivity index (χ3v) is 3.94. The molecule has 0 radical (unpaired) electrons. The van der Waals surface area contributed by atoms with Gasteiger partial charge in [-0.2, -0.15) is 5.10 Å². The van der Waals surface area contributed by atoms with Crippen molar-refractivity contribution < 1.29 is 9.53 Å². The molecule has 1 saturated carbocycles. The van der Waals surface area contributed by atoms with E-state index in [1.54, 1.807) is 0 Å². The minimum atomic E-state index is -0.444. The molecule has 0 atom stereocenters. The standard InChI is InChI=1S/C17H28N4O2/c1-12-5-10-15(21-20-12)18-11-13-6-8-14(9-7-13)19-16(22)23-17(2,3)4/h5,10,13-14H,6-9,11H2,1-4H3,(H,18,21)(H,19,22).